The van der Waals surface area contributed by atoms with Crippen molar-refractivity contribution < 1.29 is 9.84 Å². The summed E-state index contributed by atoms with van der Waals surface area (Å²) in [5.41, 5.74) is 1.37. The van der Waals surface area contributed by atoms with Crippen LogP contribution in [0.5, 0.6) is 5.75 Å². The molecule has 0 unspecified atom stereocenters. The van der Waals surface area contributed by atoms with Crippen molar-refractivity contribution in [2.24, 2.45) is 0 Å². The monoisotopic (exact) mass is 178 g/mol. The van der Waals surface area contributed by atoms with Crippen LogP contribution in [0.15, 0.2) is 24.5 Å². The molecule has 0 spiro atoms. The minimum atomic E-state index is -0.0508. The number of nitrogens with zero attached hydrogens (tertiary/aromatic N) is 2. The fourth-order valence-electron chi connectivity index (χ4n) is 1.27. The van der Waals surface area contributed by atoms with E-state index < -0.39 is 0 Å². The lowest BCUT2D eigenvalue weighted by Crippen LogP contribution is -1.88. The molecule has 0 aromatic carbocycles. The number of methoxy groups -OCH3 is 1. The van der Waals surface area contributed by atoms with Gasteiger partial charge < -0.3 is 14.2 Å². The first-order chi connectivity index (χ1) is 6.35. The van der Waals surface area contributed by atoms with E-state index in [9.17, 15) is 0 Å². The van der Waals surface area contributed by atoms with Crippen molar-refractivity contribution >= 4 is 5.65 Å². The first-order valence-corrected chi connectivity index (χ1v) is 3.96. The lowest BCUT2D eigenvalue weighted by atomic mass is 10.4. The summed E-state index contributed by atoms with van der Waals surface area (Å²) in [6.07, 6.45) is 3.64. The molecule has 0 saturated carbocycles. The standard InChI is InChI=1S/C9H10N2O2/c1-13-8-3-2-4-11-5-7(6-12)10-9(8)11/h2-5,12H,6H2,1H3. The number of imidazole rings is 1. The number of pyridine rings is 1. The van der Waals surface area contributed by atoms with Gasteiger partial charge in [-0.15, -0.1) is 0 Å². The molecule has 2 rings (SSSR count). The van der Waals surface area contributed by atoms with Gasteiger partial charge in [0.25, 0.3) is 0 Å². The van der Waals surface area contributed by atoms with Crippen molar-refractivity contribution in [2.45, 2.75) is 6.61 Å². The number of aliphatic hydroxyl groups excluding tert-OH is 1. The Kier molecular flexibility index (Phi) is 1.90. The maximum Gasteiger partial charge on any atom is 0.179 e. The fourth-order valence-corrected chi connectivity index (χ4v) is 1.27. The number of aliphatic hydroxyl groups is 1. The van der Waals surface area contributed by atoms with Crippen LogP contribution in [0.4, 0.5) is 0 Å². The van der Waals surface area contributed by atoms with Crippen LogP contribution in [0.1, 0.15) is 5.69 Å². The Morgan fingerprint density at radius 2 is 2.46 bits per heavy atom. The zero-order valence-electron chi connectivity index (χ0n) is 7.27. The largest absolute Gasteiger partial charge is 0.493 e. The molecular weight excluding hydrogens is 168 g/mol. The number of rotatable bonds is 2. The molecule has 4 heteroatoms. The second kappa shape index (κ2) is 3.06. The van der Waals surface area contributed by atoms with Crippen molar-refractivity contribution in [2.75, 3.05) is 7.11 Å². The molecular formula is C9H10N2O2. The van der Waals surface area contributed by atoms with Crippen LogP contribution < -0.4 is 4.74 Å². The van der Waals surface area contributed by atoms with E-state index in [0.717, 1.165) is 5.65 Å². The predicted octanol–water partition coefficient (Wildman–Crippen LogP) is 0.835. The topological polar surface area (TPSA) is 46.8 Å². The van der Waals surface area contributed by atoms with Crippen LogP contribution in [-0.4, -0.2) is 21.6 Å². The third-order valence-electron chi connectivity index (χ3n) is 1.88. The van der Waals surface area contributed by atoms with Gasteiger partial charge in [0, 0.05) is 12.4 Å². The minimum Gasteiger partial charge on any atom is -0.493 e. The molecule has 0 bridgehead atoms. The molecule has 0 radical (unpaired) electrons. The van der Waals surface area contributed by atoms with Crippen molar-refractivity contribution in [1.29, 1.82) is 0 Å². The first-order valence-electron chi connectivity index (χ1n) is 3.96. The van der Waals surface area contributed by atoms with E-state index in [0.29, 0.717) is 11.4 Å². The fraction of sp³-hybridized carbons (Fsp3) is 0.222. The van der Waals surface area contributed by atoms with Gasteiger partial charge in [-0.25, -0.2) is 4.98 Å². The summed E-state index contributed by atoms with van der Waals surface area (Å²) in [6, 6.07) is 3.71. The Bertz CT molecular complexity index is 422. The summed E-state index contributed by atoms with van der Waals surface area (Å²) in [4.78, 5) is 4.19. The number of aromatic nitrogens is 2. The second-order valence-corrected chi connectivity index (χ2v) is 2.70. The van der Waals surface area contributed by atoms with Gasteiger partial charge in [-0.2, -0.15) is 0 Å². The van der Waals surface area contributed by atoms with E-state index in [4.69, 9.17) is 9.84 Å². The molecule has 0 saturated heterocycles. The molecule has 13 heavy (non-hydrogen) atoms. The Morgan fingerprint density at radius 3 is 3.15 bits per heavy atom. The molecule has 4 nitrogen and oxygen atoms in total. The molecule has 0 aliphatic carbocycles. The SMILES string of the molecule is COc1cccn2cc(CO)nc12. The van der Waals surface area contributed by atoms with Gasteiger partial charge in [-0.1, -0.05) is 0 Å². The van der Waals surface area contributed by atoms with Crippen LogP contribution in [0.3, 0.4) is 0 Å². The van der Waals surface area contributed by atoms with Crippen molar-refractivity contribution in [3.05, 3.63) is 30.2 Å². The van der Waals surface area contributed by atoms with E-state index in [2.05, 4.69) is 4.98 Å². The summed E-state index contributed by atoms with van der Waals surface area (Å²) in [7, 11) is 1.60. The minimum absolute atomic E-state index is 0.0508. The number of hydrogen-bond donors (Lipinski definition) is 1. The van der Waals surface area contributed by atoms with E-state index in [-0.39, 0.29) is 6.61 Å². The summed E-state index contributed by atoms with van der Waals surface area (Å²) in [5, 5.41) is 8.89. The Labute approximate surface area is 75.4 Å². The lowest BCUT2D eigenvalue weighted by molar-refractivity contribution is 0.277. The van der Waals surface area contributed by atoms with Crippen molar-refractivity contribution in [1.82, 2.24) is 9.38 Å². The van der Waals surface area contributed by atoms with Gasteiger partial charge in [0.15, 0.2) is 11.4 Å². The summed E-state index contributed by atoms with van der Waals surface area (Å²) in [5.74, 6) is 0.710. The highest BCUT2D eigenvalue weighted by molar-refractivity contribution is 5.54. The molecule has 0 atom stereocenters. The van der Waals surface area contributed by atoms with Gasteiger partial charge in [0.05, 0.1) is 19.4 Å². The molecule has 0 fully saturated rings. The number of hydrogen-bond acceptors (Lipinski definition) is 3. The molecule has 2 heterocycles. The van der Waals surface area contributed by atoms with E-state index in [1.165, 1.54) is 0 Å². The zero-order valence-corrected chi connectivity index (χ0v) is 7.27. The van der Waals surface area contributed by atoms with Crippen LogP contribution in [0.2, 0.25) is 0 Å². The normalized spacial score (nSPS) is 10.6. The van der Waals surface area contributed by atoms with Crippen LogP contribution in [0.25, 0.3) is 5.65 Å². The van der Waals surface area contributed by atoms with Gasteiger partial charge in [0.2, 0.25) is 0 Å². The maximum atomic E-state index is 8.89. The molecule has 2 aromatic rings. The number of ether oxygens (including phenoxy) is 1. The molecule has 1 N–H and O–H groups in total. The van der Waals surface area contributed by atoms with Gasteiger partial charge in [0.1, 0.15) is 0 Å². The summed E-state index contributed by atoms with van der Waals surface area (Å²) in [6.45, 7) is -0.0508. The molecule has 68 valence electrons. The highest BCUT2D eigenvalue weighted by Crippen LogP contribution is 2.17. The van der Waals surface area contributed by atoms with Crippen LogP contribution >= 0.6 is 0 Å². The van der Waals surface area contributed by atoms with Gasteiger partial charge in [-0.05, 0) is 12.1 Å². The second-order valence-electron chi connectivity index (χ2n) is 2.70. The first kappa shape index (κ1) is 8.07. The van der Waals surface area contributed by atoms with Gasteiger partial charge >= 0.3 is 0 Å². The van der Waals surface area contributed by atoms with Crippen LogP contribution in [-0.2, 0) is 6.61 Å². The Hall–Kier alpha value is -1.55. The average molecular weight is 178 g/mol. The molecule has 2 aromatic heterocycles. The van der Waals surface area contributed by atoms with Crippen molar-refractivity contribution in [3.63, 3.8) is 0 Å². The molecule has 0 aliphatic rings. The summed E-state index contributed by atoms with van der Waals surface area (Å²) >= 11 is 0. The van der Waals surface area contributed by atoms with Gasteiger partial charge in [-0.3, -0.25) is 0 Å². The third-order valence-corrected chi connectivity index (χ3v) is 1.88. The smallest absolute Gasteiger partial charge is 0.179 e. The average Bonchev–Trinajstić information content (AvgIpc) is 2.59. The van der Waals surface area contributed by atoms with Crippen molar-refractivity contribution in [3.8, 4) is 5.75 Å². The van der Waals surface area contributed by atoms with Crippen LogP contribution in [0, 0.1) is 0 Å². The quantitative estimate of drug-likeness (QED) is 0.741. The Morgan fingerprint density at radius 1 is 1.62 bits per heavy atom. The lowest BCUT2D eigenvalue weighted by Gasteiger charge is -1.99. The third kappa shape index (κ3) is 1.25. The van der Waals surface area contributed by atoms with E-state index in [1.54, 1.807) is 13.3 Å². The molecule has 0 amide bonds. The van der Waals surface area contributed by atoms with E-state index >= 15 is 0 Å². The number of fused-ring (bicyclic) bond motifs is 1. The zero-order chi connectivity index (χ0) is 9.26. The maximum absolute atomic E-state index is 8.89. The van der Waals surface area contributed by atoms with E-state index in [1.807, 2.05) is 22.7 Å². The highest BCUT2D eigenvalue weighted by atomic mass is 16.5. The molecule has 0 aliphatic heterocycles. The Balaban J connectivity index is 2.67. The summed E-state index contributed by atoms with van der Waals surface area (Å²) < 4.78 is 6.94. The predicted molar refractivity (Wildman–Crippen MR) is 47.7 cm³/mol. The highest BCUT2D eigenvalue weighted by Gasteiger charge is 2.04.